The summed E-state index contributed by atoms with van der Waals surface area (Å²) in [5, 5.41) is 3.41. The summed E-state index contributed by atoms with van der Waals surface area (Å²) in [4.78, 5) is 0. The lowest BCUT2D eigenvalue weighted by Crippen LogP contribution is -2.14. The molecule has 1 heterocycles. The summed E-state index contributed by atoms with van der Waals surface area (Å²) < 4.78 is 10.8. The third-order valence-electron chi connectivity index (χ3n) is 3.45. The third-order valence-corrected chi connectivity index (χ3v) is 3.45. The Bertz CT molecular complexity index is 348. The minimum absolute atomic E-state index is 0.0387. The third kappa shape index (κ3) is 2.86. The molecule has 2 atom stereocenters. The molecular formula is C14H21NO2. The van der Waals surface area contributed by atoms with E-state index < -0.39 is 0 Å². The fourth-order valence-electron chi connectivity index (χ4n) is 2.53. The molecule has 94 valence electrons. The van der Waals surface area contributed by atoms with Gasteiger partial charge < -0.3 is 14.8 Å². The number of hydrogen-bond donors (Lipinski definition) is 1. The average molecular weight is 235 g/mol. The summed E-state index contributed by atoms with van der Waals surface area (Å²) >= 11 is 0. The lowest BCUT2D eigenvalue weighted by Gasteiger charge is -2.21. The molecule has 0 radical (unpaired) electrons. The molecule has 1 aromatic rings. The monoisotopic (exact) mass is 235 g/mol. The Labute approximate surface area is 103 Å². The Morgan fingerprint density at radius 3 is 2.82 bits per heavy atom. The van der Waals surface area contributed by atoms with E-state index in [0.29, 0.717) is 12.5 Å². The largest absolute Gasteiger partial charge is 0.382 e. The molecule has 2 rings (SSSR count). The number of rotatable bonds is 5. The van der Waals surface area contributed by atoms with Crippen LogP contribution in [0.1, 0.15) is 29.6 Å². The van der Waals surface area contributed by atoms with Crippen LogP contribution in [0.5, 0.6) is 0 Å². The highest BCUT2D eigenvalue weighted by Gasteiger charge is 2.22. The van der Waals surface area contributed by atoms with Crippen molar-refractivity contribution in [2.24, 2.45) is 0 Å². The lowest BCUT2D eigenvalue weighted by atomic mass is 9.91. The van der Waals surface area contributed by atoms with E-state index >= 15 is 0 Å². The fourth-order valence-corrected chi connectivity index (χ4v) is 2.53. The maximum absolute atomic E-state index is 5.53. The highest BCUT2D eigenvalue weighted by molar-refractivity contribution is 5.33. The predicted octanol–water partition coefficient (Wildman–Crippen LogP) is 2.10. The Balaban J connectivity index is 2.25. The summed E-state index contributed by atoms with van der Waals surface area (Å²) in [7, 11) is 3.46. The molecule has 1 aromatic carbocycles. The van der Waals surface area contributed by atoms with Crippen molar-refractivity contribution < 1.29 is 9.47 Å². The van der Waals surface area contributed by atoms with Crippen molar-refractivity contribution >= 4 is 0 Å². The highest BCUT2D eigenvalue weighted by atomic mass is 16.5. The highest BCUT2D eigenvalue weighted by Crippen LogP contribution is 2.30. The van der Waals surface area contributed by atoms with Crippen LogP contribution in [0.4, 0.5) is 0 Å². The molecule has 1 N–H and O–H groups in total. The molecule has 0 aromatic heterocycles. The molecular weight excluding hydrogens is 214 g/mol. The van der Waals surface area contributed by atoms with Gasteiger partial charge in [-0.25, -0.2) is 0 Å². The first kappa shape index (κ1) is 12.6. The van der Waals surface area contributed by atoms with Crippen LogP contribution >= 0.6 is 0 Å². The number of benzene rings is 1. The van der Waals surface area contributed by atoms with E-state index in [2.05, 4.69) is 29.6 Å². The van der Waals surface area contributed by atoms with Crippen LogP contribution in [-0.4, -0.2) is 33.9 Å². The zero-order valence-electron chi connectivity index (χ0n) is 10.6. The van der Waals surface area contributed by atoms with Gasteiger partial charge in [-0.3, -0.25) is 0 Å². The topological polar surface area (TPSA) is 30.5 Å². The molecule has 0 bridgehead atoms. The van der Waals surface area contributed by atoms with Crippen LogP contribution < -0.4 is 5.32 Å². The van der Waals surface area contributed by atoms with Gasteiger partial charge in [-0.1, -0.05) is 24.3 Å². The van der Waals surface area contributed by atoms with Crippen LogP contribution in [-0.2, 0) is 9.47 Å². The van der Waals surface area contributed by atoms with Gasteiger partial charge in [0.1, 0.15) is 6.10 Å². The van der Waals surface area contributed by atoms with Gasteiger partial charge in [-0.05, 0) is 30.0 Å². The summed E-state index contributed by atoms with van der Waals surface area (Å²) in [5.41, 5.74) is 2.67. The van der Waals surface area contributed by atoms with E-state index in [-0.39, 0.29) is 6.10 Å². The second-order valence-electron chi connectivity index (χ2n) is 4.50. The zero-order valence-corrected chi connectivity index (χ0v) is 10.6. The quantitative estimate of drug-likeness (QED) is 0.847. The SMILES string of the molecule is COCC(OC)c1ccccc1C1CCNC1. The Morgan fingerprint density at radius 2 is 2.18 bits per heavy atom. The van der Waals surface area contributed by atoms with E-state index in [1.165, 1.54) is 17.5 Å². The lowest BCUT2D eigenvalue weighted by molar-refractivity contribution is 0.0268. The summed E-state index contributed by atoms with van der Waals surface area (Å²) in [6, 6.07) is 8.55. The summed E-state index contributed by atoms with van der Waals surface area (Å²) in [5.74, 6) is 0.612. The van der Waals surface area contributed by atoms with Gasteiger partial charge >= 0.3 is 0 Å². The standard InChI is InChI=1S/C14H21NO2/c1-16-10-14(17-2)13-6-4-3-5-12(13)11-7-8-15-9-11/h3-6,11,14-15H,7-10H2,1-2H3. The van der Waals surface area contributed by atoms with Gasteiger partial charge in [0.25, 0.3) is 0 Å². The van der Waals surface area contributed by atoms with Crippen LogP contribution in [0.3, 0.4) is 0 Å². The van der Waals surface area contributed by atoms with Gasteiger partial charge in [0, 0.05) is 20.8 Å². The smallest absolute Gasteiger partial charge is 0.106 e. The molecule has 1 aliphatic heterocycles. The summed E-state index contributed by atoms with van der Waals surface area (Å²) in [6.07, 6.45) is 1.25. The van der Waals surface area contributed by atoms with Gasteiger partial charge in [-0.2, -0.15) is 0 Å². The molecule has 0 aliphatic carbocycles. The first-order valence-corrected chi connectivity index (χ1v) is 6.18. The van der Waals surface area contributed by atoms with Gasteiger partial charge in [-0.15, -0.1) is 0 Å². The minimum Gasteiger partial charge on any atom is -0.382 e. The maximum Gasteiger partial charge on any atom is 0.106 e. The molecule has 0 saturated carbocycles. The van der Waals surface area contributed by atoms with Crippen molar-refractivity contribution in [1.82, 2.24) is 5.32 Å². The Kier molecular flexibility index (Phi) is 4.54. The summed E-state index contributed by atoms with van der Waals surface area (Å²) in [6.45, 7) is 2.79. The van der Waals surface area contributed by atoms with Gasteiger partial charge in [0.15, 0.2) is 0 Å². The normalized spacial score (nSPS) is 21.6. The van der Waals surface area contributed by atoms with Crippen molar-refractivity contribution in [2.75, 3.05) is 33.9 Å². The Morgan fingerprint density at radius 1 is 1.35 bits per heavy atom. The number of ether oxygens (including phenoxy) is 2. The van der Waals surface area contributed by atoms with Crippen LogP contribution in [0, 0.1) is 0 Å². The average Bonchev–Trinajstić information content (AvgIpc) is 2.90. The van der Waals surface area contributed by atoms with Crippen LogP contribution in [0.25, 0.3) is 0 Å². The first-order valence-electron chi connectivity index (χ1n) is 6.18. The van der Waals surface area contributed by atoms with Gasteiger partial charge in [0.2, 0.25) is 0 Å². The molecule has 1 aliphatic rings. The number of nitrogens with one attached hydrogen (secondary N) is 1. The second-order valence-corrected chi connectivity index (χ2v) is 4.50. The molecule has 3 heteroatoms. The van der Waals surface area contributed by atoms with E-state index in [4.69, 9.17) is 9.47 Å². The van der Waals surface area contributed by atoms with Crippen LogP contribution in [0.2, 0.25) is 0 Å². The molecule has 0 spiro atoms. The fraction of sp³-hybridized carbons (Fsp3) is 0.571. The van der Waals surface area contributed by atoms with E-state index in [9.17, 15) is 0 Å². The van der Waals surface area contributed by atoms with Gasteiger partial charge in [0.05, 0.1) is 6.61 Å². The van der Waals surface area contributed by atoms with E-state index in [0.717, 1.165) is 13.1 Å². The second kappa shape index (κ2) is 6.15. The van der Waals surface area contributed by atoms with Crippen molar-refractivity contribution in [3.8, 4) is 0 Å². The van der Waals surface area contributed by atoms with E-state index in [1.807, 2.05) is 0 Å². The van der Waals surface area contributed by atoms with Crippen molar-refractivity contribution in [2.45, 2.75) is 18.4 Å². The Hall–Kier alpha value is -0.900. The van der Waals surface area contributed by atoms with Crippen molar-refractivity contribution in [3.05, 3.63) is 35.4 Å². The maximum atomic E-state index is 5.53. The molecule has 0 amide bonds. The van der Waals surface area contributed by atoms with Crippen molar-refractivity contribution in [3.63, 3.8) is 0 Å². The zero-order chi connectivity index (χ0) is 12.1. The van der Waals surface area contributed by atoms with Crippen LogP contribution in [0.15, 0.2) is 24.3 Å². The molecule has 1 saturated heterocycles. The minimum atomic E-state index is 0.0387. The molecule has 3 nitrogen and oxygen atoms in total. The predicted molar refractivity (Wildman–Crippen MR) is 68.3 cm³/mol. The van der Waals surface area contributed by atoms with Crippen molar-refractivity contribution in [1.29, 1.82) is 0 Å². The first-order chi connectivity index (χ1) is 8.36. The van der Waals surface area contributed by atoms with E-state index in [1.54, 1.807) is 14.2 Å². The molecule has 2 unspecified atom stereocenters. The number of hydrogen-bond acceptors (Lipinski definition) is 3. The number of methoxy groups -OCH3 is 2. The molecule has 17 heavy (non-hydrogen) atoms. The molecule has 1 fully saturated rings.